The Kier molecular flexibility index (Phi) is 5.08. The van der Waals surface area contributed by atoms with Gasteiger partial charge in [-0.05, 0) is 34.2 Å². The van der Waals surface area contributed by atoms with Crippen molar-refractivity contribution < 1.29 is 0 Å². The third kappa shape index (κ3) is 3.38. The van der Waals surface area contributed by atoms with Crippen LogP contribution in [0.1, 0.15) is 33.2 Å². The molecule has 2 N–H and O–H groups in total. The van der Waals surface area contributed by atoms with Gasteiger partial charge in [0.05, 0.1) is 0 Å². The summed E-state index contributed by atoms with van der Waals surface area (Å²) in [5, 5.41) is 10.5. The second kappa shape index (κ2) is 6.10. The van der Waals surface area contributed by atoms with Crippen LogP contribution in [0, 0.1) is 0 Å². The molecule has 1 heterocycles. The summed E-state index contributed by atoms with van der Waals surface area (Å²) in [4.78, 5) is 11.5. The standard InChI is InChI=1S/C10H20N4OS/c1-7(2)14-9(15)12-13-10(14)16-6-5-8(3)11-4/h7-8,11H,5-6H2,1-4H3,(H,12,15). The van der Waals surface area contributed by atoms with Crippen molar-refractivity contribution in [3.05, 3.63) is 10.5 Å². The van der Waals surface area contributed by atoms with E-state index < -0.39 is 0 Å². The minimum Gasteiger partial charge on any atom is -0.317 e. The summed E-state index contributed by atoms with van der Waals surface area (Å²) in [5.41, 5.74) is -0.126. The van der Waals surface area contributed by atoms with E-state index in [1.165, 1.54) is 0 Å². The average molecular weight is 244 g/mol. The Bertz CT molecular complexity index is 371. The topological polar surface area (TPSA) is 62.7 Å². The van der Waals surface area contributed by atoms with Gasteiger partial charge in [-0.15, -0.1) is 5.10 Å². The van der Waals surface area contributed by atoms with E-state index in [4.69, 9.17) is 0 Å². The van der Waals surface area contributed by atoms with Crippen LogP contribution >= 0.6 is 11.8 Å². The highest BCUT2D eigenvalue weighted by Crippen LogP contribution is 2.17. The van der Waals surface area contributed by atoms with Gasteiger partial charge in [0.1, 0.15) is 0 Å². The Balaban J connectivity index is 2.57. The van der Waals surface area contributed by atoms with Gasteiger partial charge in [-0.25, -0.2) is 9.89 Å². The lowest BCUT2D eigenvalue weighted by Crippen LogP contribution is -2.22. The normalized spacial score (nSPS) is 13.3. The number of hydrogen-bond acceptors (Lipinski definition) is 4. The van der Waals surface area contributed by atoms with Crippen LogP contribution in [0.3, 0.4) is 0 Å². The number of hydrogen-bond donors (Lipinski definition) is 2. The highest BCUT2D eigenvalue weighted by molar-refractivity contribution is 7.99. The summed E-state index contributed by atoms with van der Waals surface area (Å²) >= 11 is 1.62. The summed E-state index contributed by atoms with van der Waals surface area (Å²) in [7, 11) is 1.95. The molecule has 0 aliphatic heterocycles. The van der Waals surface area contributed by atoms with Gasteiger partial charge < -0.3 is 5.32 Å². The lowest BCUT2D eigenvalue weighted by molar-refractivity contribution is 0.533. The van der Waals surface area contributed by atoms with Crippen LogP contribution in [0.4, 0.5) is 0 Å². The molecule has 0 aliphatic carbocycles. The number of aromatic nitrogens is 3. The van der Waals surface area contributed by atoms with Crippen LogP contribution < -0.4 is 11.0 Å². The minimum atomic E-state index is -0.126. The summed E-state index contributed by atoms with van der Waals surface area (Å²) in [6, 6.07) is 0.640. The molecule has 0 aromatic carbocycles. The fraction of sp³-hybridized carbons (Fsp3) is 0.800. The smallest absolute Gasteiger partial charge is 0.317 e. The average Bonchev–Trinajstić information content (AvgIpc) is 2.59. The molecule has 1 unspecified atom stereocenters. The highest BCUT2D eigenvalue weighted by Gasteiger charge is 2.11. The van der Waals surface area contributed by atoms with E-state index in [1.807, 2.05) is 20.9 Å². The van der Waals surface area contributed by atoms with Crippen LogP contribution in [0.5, 0.6) is 0 Å². The fourth-order valence-electron chi connectivity index (χ4n) is 1.32. The molecule has 6 heteroatoms. The summed E-state index contributed by atoms with van der Waals surface area (Å²) in [6.07, 6.45) is 1.06. The van der Waals surface area contributed by atoms with Gasteiger partial charge in [0.2, 0.25) is 0 Å². The van der Waals surface area contributed by atoms with Crippen molar-refractivity contribution in [2.45, 2.75) is 44.4 Å². The molecule has 0 saturated carbocycles. The molecule has 0 aliphatic rings. The highest BCUT2D eigenvalue weighted by atomic mass is 32.2. The molecule has 1 rings (SSSR count). The first-order chi connectivity index (χ1) is 7.56. The largest absolute Gasteiger partial charge is 0.344 e. The zero-order valence-electron chi connectivity index (χ0n) is 10.3. The predicted molar refractivity (Wildman–Crippen MR) is 67.1 cm³/mol. The second-order valence-electron chi connectivity index (χ2n) is 4.10. The molecule has 16 heavy (non-hydrogen) atoms. The lowest BCUT2D eigenvalue weighted by Gasteiger charge is -2.10. The Morgan fingerprint density at radius 1 is 1.50 bits per heavy atom. The van der Waals surface area contributed by atoms with Crippen LogP contribution in [0.15, 0.2) is 9.95 Å². The molecule has 0 radical (unpaired) electrons. The fourth-order valence-corrected chi connectivity index (χ4v) is 2.52. The quantitative estimate of drug-likeness (QED) is 0.739. The SMILES string of the molecule is CNC(C)CCSc1n[nH]c(=O)n1C(C)C. The van der Waals surface area contributed by atoms with E-state index in [-0.39, 0.29) is 11.7 Å². The van der Waals surface area contributed by atoms with Crippen molar-refractivity contribution in [3.63, 3.8) is 0 Å². The van der Waals surface area contributed by atoms with Crippen LogP contribution in [0.2, 0.25) is 0 Å². The van der Waals surface area contributed by atoms with Gasteiger partial charge in [0, 0.05) is 17.8 Å². The summed E-state index contributed by atoms with van der Waals surface area (Å²) < 4.78 is 1.69. The Morgan fingerprint density at radius 3 is 2.75 bits per heavy atom. The molecule has 1 atom stereocenters. The Hall–Kier alpha value is -0.750. The van der Waals surface area contributed by atoms with Crippen molar-refractivity contribution in [3.8, 4) is 0 Å². The first-order valence-electron chi connectivity index (χ1n) is 5.53. The van der Waals surface area contributed by atoms with Crippen molar-refractivity contribution in [2.24, 2.45) is 0 Å². The first kappa shape index (κ1) is 13.3. The molecule has 1 aromatic heterocycles. The maximum atomic E-state index is 11.5. The van der Waals surface area contributed by atoms with Crippen LogP contribution in [-0.4, -0.2) is 33.6 Å². The van der Waals surface area contributed by atoms with Crippen molar-refractivity contribution >= 4 is 11.8 Å². The number of thioether (sulfide) groups is 1. The van der Waals surface area contributed by atoms with E-state index in [2.05, 4.69) is 22.4 Å². The Morgan fingerprint density at radius 2 is 2.19 bits per heavy atom. The number of nitrogens with zero attached hydrogens (tertiary/aromatic N) is 2. The van der Waals surface area contributed by atoms with Gasteiger partial charge in [-0.2, -0.15) is 0 Å². The van der Waals surface area contributed by atoms with Crippen LogP contribution in [0.25, 0.3) is 0 Å². The van der Waals surface area contributed by atoms with E-state index in [0.29, 0.717) is 6.04 Å². The molecule has 0 amide bonds. The third-order valence-corrected chi connectivity index (χ3v) is 3.45. The van der Waals surface area contributed by atoms with Gasteiger partial charge >= 0.3 is 5.69 Å². The molecular formula is C10H20N4OS. The first-order valence-corrected chi connectivity index (χ1v) is 6.51. The van der Waals surface area contributed by atoms with Gasteiger partial charge in [0.25, 0.3) is 0 Å². The Labute approximate surface area is 100 Å². The van der Waals surface area contributed by atoms with E-state index in [1.54, 1.807) is 16.3 Å². The zero-order chi connectivity index (χ0) is 12.1. The molecule has 1 aromatic rings. The van der Waals surface area contributed by atoms with Crippen LogP contribution in [-0.2, 0) is 0 Å². The van der Waals surface area contributed by atoms with Gasteiger partial charge in [-0.1, -0.05) is 11.8 Å². The minimum absolute atomic E-state index is 0.126. The van der Waals surface area contributed by atoms with E-state index >= 15 is 0 Å². The lowest BCUT2D eigenvalue weighted by atomic mass is 10.3. The van der Waals surface area contributed by atoms with E-state index in [9.17, 15) is 4.79 Å². The maximum Gasteiger partial charge on any atom is 0.344 e. The van der Waals surface area contributed by atoms with Gasteiger partial charge in [-0.3, -0.25) is 4.57 Å². The number of aromatic amines is 1. The van der Waals surface area contributed by atoms with Crippen molar-refractivity contribution in [1.29, 1.82) is 0 Å². The molecule has 0 saturated heterocycles. The zero-order valence-corrected chi connectivity index (χ0v) is 11.1. The number of nitrogens with one attached hydrogen (secondary N) is 2. The molecule has 0 bridgehead atoms. The third-order valence-electron chi connectivity index (χ3n) is 2.46. The summed E-state index contributed by atoms with van der Waals surface area (Å²) in [5.74, 6) is 0.957. The molecule has 0 spiro atoms. The van der Waals surface area contributed by atoms with E-state index in [0.717, 1.165) is 17.3 Å². The van der Waals surface area contributed by atoms with Gasteiger partial charge in [0.15, 0.2) is 5.16 Å². The number of rotatable bonds is 6. The molecule has 92 valence electrons. The predicted octanol–water partition coefficient (Wildman–Crippen LogP) is 1.24. The summed E-state index contributed by atoms with van der Waals surface area (Å²) in [6.45, 7) is 6.11. The molecule has 5 nitrogen and oxygen atoms in total. The monoisotopic (exact) mass is 244 g/mol. The molecular weight excluding hydrogens is 224 g/mol. The molecule has 0 fully saturated rings. The van der Waals surface area contributed by atoms with Crippen molar-refractivity contribution in [2.75, 3.05) is 12.8 Å². The maximum absolute atomic E-state index is 11.5. The second-order valence-corrected chi connectivity index (χ2v) is 5.16. The van der Waals surface area contributed by atoms with Crippen molar-refractivity contribution in [1.82, 2.24) is 20.1 Å². The number of H-pyrrole nitrogens is 1.